The fraction of sp³-hybridized carbons (Fsp3) is 1.00. The summed E-state index contributed by atoms with van der Waals surface area (Å²) in [4.78, 5) is 0. The highest BCUT2D eigenvalue weighted by Gasteiger charge is 2.40. The molecular formula is C13H25NOS. The first-order valence-corrected chi connectivity index (χ1v) is 7.78. The van der Waals surface area contributed by atoms with Crippen LogP contribution in [0.2, 0.25) is 0 Å². The SMILES string of the molecule is CC(C)CNCC1CCOC2(CCSC2)C1. The molecule has 2 unspecified atom stereocenters. The minimum atomic E-state index is 0.257. The molecular weight excluding hydrogens is 218 g/mol. The summed E-state index contributed by atoms with van der Waals surface area (Å²) in [7, 11) is 0. The number of hydrogen-bond acceptors (Lipinski definition) is 3. The summed E-state index contributed by atoms with van der Waals surface area (Å²) in [5.74, 6) is 4.13. The molecule has 0 saturated carbocycles. The monoisotopic (exact) mass is 243 g/mol. The standard InChI is InChI=1S/C13H25NOS/c1-11(2)8-14-9-12-3-5-15-13(7-12)4-6-16-10-13/h11-12,14H,3-10H2,1-2H3. The van der Waals surface area contributed by atoms with Crippen molar-refractivity contribution in [3.63, 3.8) is 0 Å². The predicted octanol–water partition coefficient (Wildman–Crippen LogP) is 2.53. The number of ether oxygens (including phenoxy) is 1. The third kappa shape index (κ3) is 3.38. The Morgan fingerprint density at radius 3 is 3.06 bits per heavy atom. The quantitative estimate of drug-likeness (QED) is 0.820. The van der Waals surface area contributed by atoms with Crippen LogP contribution in [0.25, 0.3) is 0 Å². The molecule has 2 atom stereocenters. The topological polar surface area (TPSA) is 21.3 Å². The molecule has 2 heterocycles. The second-order valence-corrected chi connectivity index (χ2v) is 6.85. The van der Waals surface area contributed by atoms with Gasteiger partial charge < -0.3 is 10.1 Å². The van der Waals surface area contributed by atoms with Crippen molar-refractivity contribution in [2.24, 2.45) is 11.8 Å². The van der Waals surface area contributed by atoms with E-state index in [4.69, 9.17) is 4.74 Å². The number of hydrogen-bond donors (Lipinski definition) is 1. The molecule has 2 nitrogen and oxygen atoms in total. The molecule has 0 aromatic heterocycles. The van der Waals surface area contributed by atoms with E-state index in [2.05, 4.69) is 30.9 Å². The van der Waals surface area contributed by atoms with Gasteiger partial charge in [0.05, 0.1) is 5.60 Å². The summed E-state index contributed by atoms with van der Waals surface area (Å²) in [5, 5.41) is 3.60. The second-order valence-electron chi connectivity index (χ2n) is 5.74. The van der Waals surface area contributed by atoms with Gasteiger partial charge in [0.2, 0.25) is 0 Å². The lowest BCUT2D eigenvalue weighted by atomic mass is 9.85. The average Bonchev–Trinajstić information content (AvgIpc) is 2.66. The Morgan fingerprint density at radius 1 is 1.50 bits per heavy atom. The summed E-state index contributed by atoms with van der Waals surface area (Å²) < 4.78 is 6.04. The predicted molar refractivity (Wildman–Crippen MR) is 71.1 cm³/mol. The van der Waals surface area contributed by atoms with Crippen LogP contribution in [-0.2, 0) is 4.74 Å². The van der Waals surface area contributed by atoms with Crippen molar-refractivity contribution in [2.75, 3.05) is 31.2 Å². The van der Waals surface area contributed by atoms with Crippen molar-refractivity contribution >= 4 is 11.8 Å². The van der Waals surface area contributed by atoms with Gasteiger partial charge in [-0.15, -0.1) is 0 Å². The summed E-state index contributed by atoms with van der Waals surface area (Å²) in [5.41, 5.74) is 0.257. The Kier molecular flexibility index (Phi) is 4.57. The molecule has 2 fully saturated rings. The molecule has 0 aromatic carbocycles. The lowest BCUT2D eigenvalue weighted by Crippen LogP contribution is -2.42. The van der Waals surface area contributed by atoms with Gasteiger partial charge in [-0.2, -0.15) is 11.8 Å². The zero-order valence-corrected chi connectivity index (χ0v) is 11.4. The van der Waals surface area contributed by atoms with E-state index < -0.39 is 0 Å². The van der Waals surface area contributed by atoms with Gasteiger partial charge in [0.25, 0.3) is 0 Å². The zero-order chi connectivity index (χ0) is 11.4. The van der Waals surface area contributed by atoms with E-state index in [1.807, 2.05) is 0 Å². The van der Waals surface area contributed by atoms with Crippen molar-refractivity contribution in [1.29, 1.82) is 0 Å². The van der Waals surface area contributed by atoms with Crippen molar-refractivity contribution in [3.8, 4) is 0 Å². The first-order valence-electron chi connectivity index (χ1n) is 6.63. The maximum absolute atomic E-state index is 6.04. The van der Waals surface area contributed by atoms with Crippen LogP contribution in [0.3, 0.4) is 0 Å². The van der Waals surface area contributed by atoms with Gasteiger partial charge in [-0.1, -0.05) is 13.8 Å². The number of nitrogens with one attached hydrogen (secondary N) is 1. The van der Waals surface area contributed by atoms with Crippen LogP contribution >= 0.6 is 11.8 Å². The Morgan fingerprint density at radius 2 is 2.38 bits per heavy atom. The maximum Gasteiger partial charge on any atom is 0.0783 e. The van der Waals surface area contributed by atoms with Crippen molar-refractivity contribution in [1.82, 2.24) is 5.32 Å². The molecule has 2 aliphatic heterocycles. The van der Waals surface area contributed by atoms with E-state index >= 15 is 0 Å². The lowest BCUT2D eigenvalue weighted by molar-refractivity contribution is -0.0788. The lowest BCUT2D eigenvalue weighted by Gasteiger charge is -2.38. The maximum atomic E-state index is 6.04. The summed E-state index contributed by atoms with van der Waals surface area (Å²) >= 11 is 2.06. The Balaban J connectivity index is 1.74. The molecule has 1 spiro atoms. The van der Waals surface area contributed by atoms with Crippen LogP contribution in [-0.4, -0.2) is 36.8 Å². The normalized spacial score (nSPS) is 35.1. The zero-order valence-electron chi connectivity index (χ0n) is 10.6. The van der Waals surface area contributed by atoms with Gasteiger partial charge >= 0.3 is 0 Å². The molecule has 2 saturated heterocycles. The summed E-state index contributed by atoms with van der Waals surface area (Å²) in [6, 6.07) is 0. The van der Waals surface area contributed by atoms with Crippen LogP contribution in [0.4, 0.5) is 0 Å². The molecule has 0 amide bonds. The van der Waals surface area contributed by atoms with Gasteiger partial charge in [-0.25, -0.2) is 0 Å². The van der Waals surface area contributed by atoms with Crippen molar-refractivity contribution in [2.45, 2.75) is 38.7 Å². The molecule has 1 N–H and O–H groups in total. The molecule has 16 heavy (non-hydrogen) atoms. The average molecular weight is 243 g/mol. The van der Waals surface area contributed by atoms with Crippen molar-refractivity contribution < 1.29 is 4.74 Å². The summed E-state index contributed by atoms with van der Waals surface area (Å²) in [6.45, 7) is 7.86. The van der Waals surface area contributed by atoms with Gasteiger partial charge in [-0.3, -0.25) is 0 Å². The van der Waals surface area contributed by atoms with E-state index in [0.29, 0.717) is 0 Å². The highest BCUT2D eigenvalue weighted by atomic mass is 32.2. The summed E-state index contributed by atoms with van der Waals surface area (Å²) in [6.07, 6.45) is 3.81. The first-order chi connectivity index (χ1) is 7.70. The van der Waals surface area contributed by atoms with Gasteiger partial charge in [0.1, 0.15) is 0 Å². The molecule has 2 aliphatic rings. The number of thioether (sulfide) groups is 1. The highest BCUT2D eigenvalue weighted by molar-refractivity contribution is 7.99. The van der Waals surface area contributed by atoms with Crippen LogP contribution in [0, 0.1) is 11.8 Å². The smallest absolute Gasteiger partial charge is 0.0783 e. The van der Waals surface area contributed by atoms with Gasteiger partial charge in [0.15, 0.2) is 0 Å². The third-order valence-corrected chi connectivity index (χ3v) is 4.87. The van der Waals surface area contributed by atoms with Crippen LogP contribution < -0.4 is 5.32 Å². The number of rotatable bonds is 4. The fourth-order valence-electron chi connectivity index (χ4n) is 2.74. The van der Waals surface area contributed by atoms with Crippen LogP contribution in [0.15, 0.2) is 0 Å². The minimum Gasteiger partial charge on any atom is -0.374 e. The molecule has 0 aliphatic carbocycles. The molecule has 0 radical (unpaired) electrons. The van der Waals surface area contributed by atoms with E-state index in [1.165, 1.54) is 37.3 Å². The van der Waals surface area contributed by atoms with Crippen LogP contribution in [0.1, 0.15) is 33.1 Å². The fourth-order valence-corrected chi connectivity index (χ4v) is 4.12. The molecule has 0 bridgehead atoms. The van der Waals surface area contributed by atoms with E-state index in [-0.39, 0.29) is 5.60 Å². The molecule has 2 rings (SSSR count). The van der Waals surface area contributed by atoms with E-state index in [1.54, 1.807) is 0 Å². The largest absolute Gasteiger partial charge is 0.374 e. The Hall–Kier alpha value is 0.270. The molecule has 3 heteroatoms. The van der Waals surface area contributed by atoms with E-state index in [0.717, 1.165) is 25.0 Å². The minimum absolute atomic E-state index is 0.257. The van der Waals surface area contributed by atoms with Crippen LogP contribution in [0.5, 0.6) is 0 Å². The van der Waals surface area contributed by atoms with E-state index in [9.17, 15) is 0 Å². The van der Waals surface area contributed by atoms with Gasteiger partial charge in [0, 0.05) is 12.4 Å². The highest BCUT2D eigenvalue weighted by Crippen LogP contribution is 2.40. The van der Waals surface area contributed by atoms with Gasteiger partial charge in [-0.05, 0) is 49.9 Å². The third-order valence-electron chi connectivity index (χ3n) is 3.65. The second kappa shape index (κ2) is 5.74. The molecule has 94 valence electrons. The Bertz CT molecular complexity index is 214. The first kappa shape index (κ1) is 12.7. The van der Waals surface area contributed by atoms with Crippen molar-refractivity contribution in [3.05, 3.63) is 0 Å². The Labute approximate surface area is 104 Å². The molecule has 0 aromatic rings.